The number of nitrogens with zero attached hydrogens (tertiary/aromatic N) is 1. The molecule has 1 aliphatic heterocycles. The predicted molar refractivity (Wildman–Crippen MR) is 131 cm³/mol. The van der Waals surface area contributed by atoms with Crippen molar-refractivity contribution in [2.24, 2.45) is 16.2 Å². The highest BCUT2D eigenvalue weighted by molar-refractivity contribution is 5.86. The van der Waals surface area contributed by atoms with E-state index in [2.05, 4.69) is 45.3 Å². The van der Waals surface area contributed by atoms with E-state index in [1.807, 2.05) is 39.5 Å². The fourth-order valence-corrected chi connectivity index (χ4v) is 5.57. The van der Waals surface area contributed by atoms with Crippen molar-refractivity contribution in [3.05, 3.63) is 0 Å². The van der Waals surface area contributed by atoms with Gasteiger partial charge in [-0.3, -0.25) is 14.4 Å². The number of carbonyl (C=O) groups excluding carboxylic acids is 3. The molecule has 0 aromatic rings. The van der Waals surface area contributed by atoms with Crippen LogP contribution in [0.3, 0.4) is 0 Å². The standard InChI is InChI=1S/C26H49N3O3/c1-11-25(9,22(32)28-24(7,8)17-23(4,5)6)18-26(10,21(31)27-12-2)16-19(3)29-15-13-14-20(29)30/h19H,11-18H2,1-10H3,(H,27,31)(H,28,32). The van der Waals surface area contributed by atoms with E-state index in [0.29, 0.717) is 32.2 Å². The van der Waals surface area contributed by atoms with Gasteiger partial charge in [-0.05, 0) is 65.2 Å². The van der Waals surface area contributed by atoms with Crippen molar-refractivity contribution in [1.82, 2.24) is 15.5 Å². The molecular weight excluding hydrogens is 402 g/mol. The van der Waals surface area contributed by atoms with Crippen LogP contribution in [0.1, 0.15) is 108 Å². The minimum atomic E-state index is -0.755. The van der Waals surface area contributed by atoms with Crippen LogP contribution in [0.4, 0.5) is 0 Å². The van der Waals surface area contributed by atoms with Gasteiger partial charge in [-0.1, -0.05) is 41.5 Å². The Balaban J connectivity index is 3.13. The smallest absolute Gasteiger partial charge is 0.226 e. The van der Waals surface area contributed by atoms with Crippen molar-refractivity contribution >= 4 is 17.7 Å². The van der Waals surface area contributed by atoms with E-state index in [1.165, 1.54) is 0 Å². The Morgan fingerprint density at radius 1 is 0.969 bits per heavy atom. The van der Waals surface area contributed by atoms with Crippen molar-refractivity contribution in [1.29, 1.82) is 0 Å². The largest absolute Gasteiger partial charge is 0.356 e. The maximum absolute atomic E-state index is 13.5. The van der Waals surface area contributed by atoms with Crippen molar-refractivity contribution in [3.63, 3.8) is 0 Å². The number of carbonyl (C=O) groups is 3. The molecule has 6 nitrogen and oxygen atoms in total. The van der Waals surface area contributed by atoms with Gasteiger partial charge in [0.15, 0.2) is 0 Å². The van der Waals surface area contributed by atoms with Crippen LogP contribution < -0.4 is 10.6 Å². The second kappa shape index (κ2) is 10.6. The van der Waals surface area contributed by atoms with Crippen LogP contribution in [0.25, 0.3) is 0 Å². The molecule has 0 radical (unpaired) electrons. The molecule has 0 saturated carbocycles. The fourth-order valence-electron chi connectivity index (χ4n) is 5.57. The molecule has 0 bridgehead atoms. The van der Waals surface area contributed by atoms with Gasteiger partial charge in [-0.2, -0.15) is 0 Å². The lowest BCUT2D eigenvalue weighted by Gasteiger charge is -2.42. The molecule has 0 aliphatic carbocycles. The number of likely N-dealkylation sites (tertiary alicyclic amines) is 1. The Labute approximate surface area is 196 Å². The summed E-state index contributed by atoms with van der Waals surface area (Å²) < 4.78 is 0. The second-order valence-corrected chi connectivity index (χ2v) is 12.3. The monoisotopic (exact) mass is 451 g/mol. The third-order valence-corrected chi connectivity index (χ3v) is 6.81. The van der Waals surface area contributed by atoms with Crippen LogP contribution in [0.15, 0.2) is 0 Å². The summed E-state index contributed by atoms with van der Waals surface area (Å²) in [5.41, 5.74) is -1.70. The van der Waals surface area contributed by atoms with Crippen molar-refractivity contribution < 1.29 is 14.4 Å². The zero-order valence-corrected chi connectivity index (χ0v) is 22.4. The maximum atomic E-state index is 13.5. The van der Waals surface area contributed by atoms with E-state index in [-0.39, 0.29) is 34.7 Å². The first-order chi connectivity index (χ1) is 14.5. The molecule has 32 heavy (non-hydrogen) atoms. The Bertz CT molecular complexity index is 682. The van der Waals surface area contributed by atoms with E-state index >= 15 is 0 Å². The quantitative estimate of drug-likeness (QED) is 0.479. The summed E-state index contributed by atoms with van der Waals surface area (Å²) >= 11 is 0. The highest BCUT2D eigenvalue weighted by Gasteiger charge is 2.46. The summed E-state index contributed by atoms with van der Waals surface area (Å²) in [5, 5.41) is 6.26. The topological polar surface area (TPSA) is 78.5 Å². The average molecular weight is 452 g/mol. The van der Waals surface area contributed by atoms with Crippen LogP contribution in [0, 0.1) is 16.2 Å². The lowest BCUT2D eigenvalue weighted by atomic mass is 9.67. The molecule has 6 heteroatoms. The summed E-state index contributed by atoms with van der Waals surface area (Å²) in [7, 11) is 0. The molecule has 0 spiro atoms. The summed E-state index contributed by atoms with van der Waals surface area (Å²) in [4.78, 5) is 41.0. The van der Waals surface area contributed by atoms with Gasteiger partial charge in [0.1, 0.15) is 0 Å². The molecule has 3 unspecified atom stereocenters. The number of hydrogen-bond acceptors (Lipinski definition) is 3. The minimum Gasteiger partial charge on any atom is -0.356 e. The third kappa shape index (κ3) is 7.77. The van der Waals surface area contributed by atoms with E-state index in [4.69, 9.17) is 0 Å². The number of amides is 3. The Kier molecular flexibility index (Phi) is 9.39. The molecule has 3 atom stereocenters. The van der Waals surface area contributed by atoms with Crippen LogP contribution >= 0.6 is 0 Å². The van der Waals surface area contributed by atoms with Gasteiger partial charge in [0, 0.05) is 41.9 Å². The van der Waals surface area contributed by atoms with E-state index in [9.17, 15) is 14.4 Å². The first-order valence-electron chi connectivity index (χ1n) is 12.4. The zero-order chi connectivity index (χ0) is 25.0. The Morgan fingerprint density at radius 2 is 1.56 bits per heavy atom. The summed E-state index contributed by atoms with van der Waals surface area (Å²) in [6, 6.07) is -0.0425. The van der Waals surface area contributed by atoms with Crippen LogP contribution in [-0.4, -0.2) is 47.3 Å². The molecule has 1 heterocycles. The molecule has 186 valence electrons. The number of rotatable bonds is 11. The Morgan fingerprint density at radius 3 is 2.00 bits per heavy atom. The molecule has 1 rings (SSSR count). The molecular formula is C26H49N3O3. The average Bonchev–Trinajstić information content (AvgIpc) is 3.05. The Hall–Kier alpha value is -1.59. The van der Waals surface area contributed by atoms with Crippen molar-refractivity contribution in [2.75, 3.05) is 13.1 Å². The molecule has 1 aliphatic rings. The van der Waals surface area contributed by atoms with Gasteiger partial charge in [-0.25, -0.2) is 0 Å². The van der Waals surface area contributed by atoms with Crippen molar-refractivity contribution in [3.8, 4) is 0 Å². The normalized spacial score (nSPS) is 19.8. The SMILES string of the molecule is CCNC(=O)C(C)(CC(C)N1CCCC1=O)CC(C)(CC)C(=O)NC(C)(C)CC(C)(C)C. The van der Waals surface area contributed by atoms with Gasteiger partial charge in [0.05, 0.1) is 0 Å². The van der Waals surface area contributed by atoms with Gasteiger partial charge in [0.2, 0.25) is 17.7 Å². The molecule has 0 aromatic carbocycles. The highest BCUT2D eigenvalue weighted by atomic mass is 16.2. The number of hydrogen-bond donors (Lipinski definition) is 2. The third-order valence-electron chi connectivity index (χ3n) is 6.81. The highest BCUT2D eigenvalue weighted by Crippen LogP contribution is 2.42. The minimum absolute atomic E-state index is 0.00493. The summed E-state index contributed by atoms with van der Waals surface area (Å²) in [6.07, 6.45) is 3.92. The van der Waals surface area contributed by atoms with E-state index in [1.54, 1.807) is 0 Å². The predicted octanol–water partition coefficient (Wildman–Crippen LogP) is 4.67. The van der Waals surface area contributed by atoms with Crippen LogP contribution in [0.5, 0.6) is 0 Å². The van der Waals surface area contributed by atoms with Crippen LogP contribution in [0.2, 0.25) is 0 Å². The molecule has 2 N–H and O–H groups in total. The van der Waals surface area contributed by atoms with Crippen molar-refractivity contribution in [2.45, 2.75) is 119 Å². The van der Waals surface area contributed by atoms with Crippen LogP contribution in [-0.2, 0) is 14.4 Å². The van der Waals surface area contributed by atoms with Gasteiger partial charge >= 0.3 is 0 Å². The van der Waals surface area contributed by atoms with Gasteiger partial charge in [0.25, 0.3) is 0 Å². The van der Waals surface area contributed by atoms with E-state index < -0.39 is 10.8 Å². The zero-order valence-electron chi connectivity index (χ0n) is 22.4. The molecule has 1 saturated heterocycles. The first-order valence-corrected chi connectivity index (χ1v) is 12.4. The van der Waals surface area contributed by atoms with E-state index in [0.717, 1.165) is 19.4 Å². The molecule has 0 aromatic heterocycles. The number of nitrogens with one attached hydrogen (secondary N) is 2. The van der Waals surface area contributed by atoms with Gasteiger partial charge in [-0.15, -0.1) is 0 Å². The lowest BCUT2D eigenvalue weighted by molar-refractivity contribution is -0.141. The maximum Gasteiger partial charge on any atom is 0.226 e. The summed E-state index contributed by atoms with van der Waals surface area (Å²) in [6.45, 7) is 21.8. The van der Waals surface area contributed by atoms with Gasteiger partial charge < -0.3 is 15.5 Å². The summed E-state index contributed by atoms with van der Waals surface area (Å²) in [5.74, 6) is 0.116. The second-order valence-electron chi connectivity index (χ2n) is 12.3. The lowest BCUT2D eigenvalue weighted by Crippen LogP contribution is -2.54. The molecule has 1 fully saturated rings. The first kappa shape index (κ1) is 28.4. The molecule has 3 amide bonds. The fraction of sp³-hybridized carbons (Fsp3) is 0.885.